The molecule has 0 aliphatic carbocycles. The van der Waals surface area contributed by atoms with E-state index in [0.29, 0.717) is 0 Å². The van der Waals surface area contributed by atoms with E-state index in [4.69, 9.17) is 11.5 Å². The van der Waals surface area contributed by atoms with E-state index in [2.05, 4.69) is 0 Å². The van der Waals surface area contributed by atoms with Crippen LogP contribution in [0.3, 0.4) is 0 Å². The molecule has 0 radical (unpaired) electrons. The van der Waals surface area contributed by atoms with Crippen LogP contribution in [0.1, 0.15) is 0 Å². The van der Waals surface area contributed by atoms with Gasteiger partial charge in [0, 0.05) is 19.3 Å². The molecular formula is C8H12N4O3. The Kier molecular flexibility index (Phi) is 3.05. The Hall–Kier alpha value is -1.89. The van der Waals surface area contributed by atoms with Gasteiger partial charge in [-0.3, -0.25) is 14.2 Å². The number of primary amides is 1. The molecule has 1 aromatic heterocycles. The van der Waals surface area contributed by atoms with Crippen molar-refractivity contribution in [2.45, 2.75) is 12.6 Å². The van der Waals surface area contributed by atoms with Crippen LogP contribution in [0.15, 0.2) is 21.9 Å². The van der Waals surface area contributed by atoms with Crippen molar-refractivity contribution in [3.05, 3.63) is 33.1 Å². The first kappa shape index (κ1) is 11.2. The van der Waals surface area contributed by atoms with Crippen LogP contribution in [0.2, 0.25) is 0 Å². The Morgan fingerprint density at radius 2 is 2.13 bits per heavy atom. The molecule has 7 heteroatoms. The zero-order chi connectivity index (χ0) is 11.6. The molecule has 0 aliphatic rings. The summed E-state index contributed by atoms with van der Waals surface area (Å²) in [5.74, 6) is -0.757. The number of carbonyl (C=O) groups is 1. The molecule has 1 unspecified atom stereocenters. The summed E-state index contributed by atoms with van der Waals surface area (Å²) in [5.41, 5.74) is 9.25. The molecule has 0 aromatic carbocycles. The molecular weight excluding hydrogens is 200 g/mol. The topological polar surface area (TPSA) is 113 Å². The molecule has 1 atom stereocenters. The second kappa shape index (κ2) is 4.09. The molecule has 0 spiro atoms. The van der Waals surface area contributed by atoms with E-state index in [1.54, 1.807) is 0 Å². The van der Waals surface area contributed by atoms with Crippen molar-refractivity contribution in [1.82, 2.24) is 9.13 Å². The van der Waals surface area contributed by atoms with Gasteiger partial charge in [-0.1, -0.05) is 0 Å². The fourth-order valence-electron chi connectivity index (χ4n) is 1.07. The van der Waals surface area contributed by atoms with Crippen LogP contribution in [-0.4, -0.2) is 21.1 Å². The van der Waals surface area contributed by atoms with Crippen LogP contribution < -0.4 is 22.7 Å². The number of nitrogens with zero attached hydrogens (tertiary/aromatic N) is 2. The number of hydrogen-bond donors (Lipinski definition) is 2. The minimum absolute atomic E-state index is 0.207. The maximum Gasteiger partial charge on any atom is 0.330 e. The van der Waals surface area contributed by atoms with Crippen LogP contribution in [0.4, 0.5) is 0 Å². The highest BCUT2D eigenvalue weighted by molar-refractivity contribution is 5.79. The highest BCUT2D eigenvalue weighted by Gasteiger charge is 2.12. The Bertz CT molecular complexity index is 487. The second-order valence-electron chi connectivity index (χ2n) is 3.17. The van der Waals surface area contributed by atoms with E-state index in [-0.39, 0.29) is 6.54 Å². The van der Waals surface area contributed by atoms with Crippen molar-refractivity contribution in [3.8, 4) is 0 Å². The minimum Gasteiger partial charge on any atom is -0.368 e. The van der Waals surface area contributed by atoms with Crippen molar-refractivity contribution in [2.24, 2.45) is 18.5 Å². The standard InChI is InChI=1S/C8H12N4O3/c1-11-3-2-6(13)12(8(11)15)4-5(9)7(10)14/h2-3,5H,4,9H2,1H3,(H2,10,14). The van der Waals surface area contributed by atoms with Crippen molar-refractivity contribution in [2.75, 3.05) is 0 Å². The normalized spacial score (nSPS) is 12.4. The number of rotatable bonds is 3. The summed E-state index contributed by atoms with van der Waals surface area (Å²) in [5, 5.41) is 0. The molecule has 4 N–H and O–H groups in total. The Balaban J connectivity index is 3.15. The number of amides is 1. The predicted molar refractivity (Wildman–Crippen MR) is 53.1 cm³/mol. The van der Waals surface area contributed by atoms with Gasteiger partial charge in [-0.2, -0.15) is 0 Å². The molecule has 0 saturated heterocycles. The van der Waals surface area contributed by atoms with Gasteiger partial charge in [-0.25, -0.2) is 4.79 Å². The smallest absolute Gasteiger partial charge is 0.330 e. The zero-order valence-electron chi connectivity index (χ0n) is 8.21. The lowest BCUT2D eigenvalue weighted by molar-refractivity contribution is -0.119. The molecule has 0 saturated carbocycles. The van der Waals surface area contributed by atoms with Crippen LogP contribution in [-0.2, 0) is 18.4 Å². The molecule has 82 valence electrons. The third-order valence-corrected chi connectivity index (χ3v) is 1.98. The van der Waals surface area contributed by atoms with Crippen molar-refractivity contribution >= 4 is 5.91 Å². The number of hydrogen-bond acceptors (Lipinski definition) is 4. The van der Waals surface area contributed by atoms with Crippen LogP contribution in [0.5, 0.6) is 0 Å². The Morgan fingerprint density at radius 3 is 2.67 bits per heavy atom. The molecule has 1 amide bonds. The summed E-state index contributed by atoms with van der Waals surface area (Å²) >= 11 is 0. The van der Waals surface area contributed by atoms with Crippen molar-refractivity contribution < 1.29 is 4.79 Å². The first-order chi connectivity index (χ1) is 6.93. The van der Waals surface area contributed by atoms with Crippen LogP contribution >= 0.6 is 0 Å². The number of carbonyl (C=O) groups excluding carboxylic acids is 1. The zero-order valence-corrected chi connectivity index (χ0v) is 8.21. The van der Waals surface area contributed by atoms with Gasteiger partial charge in [0.25, 0.3) is 5.56 Å². The summed E-state index contributed by atoms with van der Waals surface area (Å²) in [6.07, 6.45) is 1.34. The highest BCUT2D eigenvalue weighted by atomic mass is 16.2. The van der Waals surface area contributed by atoms with Gasteiger partial charge in [0.15, 0.2) is 0 Å². The minimum atomic E-state index is -1.04. The number of aromatic nitrogens is 2. The van der Waals surface area contributed by atoms with Crippen molar-refractivity contribution in [1.29, 1.82) is 0 Å². The monoisotopic (exact) mass is 212 g/mol. The third kappa shape index (κ3) is 2.32. The predicted octanol–water partition coefficient (Wildman–Crippen LogP) is -2.64. The van der Waals surface area contributed by atoms with Gasteiger partial charge in [0.2, 0.25) is 5.91 Å². The molecule has 1 rings (SSSR count). The Morgan fingerprint density at radius 1 is 1.53 bits per heavy atom. The van der Waals surface area contributed by atoms with E-state index in [9.17, 15) is 14.4 Å². The molecule has 15 heavy (non-hydrogen) atoms. The SMILES string of the molecule is Cn1ccc(=O)n(CC(N)C(N)=O)c1=O. The van der Waals surface area contributed by atoms with E-state index in [0.717, 1.165) is 4.57 Å². The lowest BCUT2D eigenvalue weighted by Crippen LogP contribution is -2.47. The van der Waals surface area contributed by atoms with Crippen LogP contribution in [0, 0.1) is 0 Å². The molecule has 1 heterocycles. The van der Waals surface area contributed by atoms with Crippen LogP contribution in [0.25, 0.3) is 0 Å². The summed E-state index contributed by atoms with van der Waals surface area (Å²) in [7, 11) is 1.49. The average Bonchev–Trinajstić information content (AvgIpc) is 2.18. The average molecular weight is 212 g/mol. The summed E-state index contributed by atoms with van der Waals surface area (Å²) < 4.78 is 2.09. The fraction of sp³-hybridized carbons (Fsp3) is 0.375. The van der Waals surface area contributed by atoms with Gasteiger partial charge >= 0.3 is 5.69 Å². The molecule has 1 aromatic rings. The molecule has 0 fully saturated rings. The van der Waals surface area contributed by atoms with Crippen molar-refractivity contribution in [3.63, 3.8) is 0 Å². The number of nitrogens with two attached hydrogens (primary N) is 2. The summed E-state index contributed by atoms with van der Waals surface area (Å²) in [6, 6.07) is 0.174. The molecule has 7 nitrogen and oxygen atoms in total. The van der Waals surface area contributed by atoms with E-state index >= 15 is 0 Å². The summed E-state index contributed by atoms with van der Waals surface area (Å²) in [4.78, 5) is 33.4. The molecule has 0 aliphatic heterocycles. The summed E-state index contributed by atoms with van der Waals surface area (Å²) in [6.45, 7) is -0.207. The fourth-order valence-corrected chi connectivity index (χ4v) is 1.07. The second-order valence-corrected chi connectivity index (χ2v) is 3.17. The maximum atomic E-state index is 11.5. The lowest BCUT2D eigenvalue weighted by Gasteiger charge is -2.09. The van der Waals surface area contributed by atoms with E-state index in [1.807, 2.05) is 0 Å². The van der Waals surface area contributed by atoms with E-state index < -0.39 is 23.2 Å². The van der Waals surface area contributed by atoms with Gasteiger partial charge in [-0.15, -0.1) is 0 Å². The number of aryl methyl sites for hydroxylation is 1. The van der Waals surface area contributed by atoms with E-state index in [1.165, 1.54) is 23.9 Å². The maximum absolute atomic E-state index is 11.5. The highest BCUT2D eigenvalue weighted by Crippen LogP contribution is 1.81. The van der Waals surface area contributed by atoms with Gasteiger partial charge in [0.05, 0.1) is 6.54 Å². The van der Waals surface area contributed by atoms with Gasteiger partial charge < -0.3 is 16.0 Å². The largest absolute Gasteiger partial charge is 0.368 e. The first-order valence-corrected chi connectivity index (χ1v) is 4.25. The quantitative estimate of drug-likeness (QED) is 0.570. The third-order valence-electron chi connectivity index (χ3n) is 1.98. The Labute approximate surface area is 84.9 Å². The lowest BCUT2D eigenvalue weighted by atomic mass is 10.3. The molecule has 0 bridgehead atoms. The van der Waals surface area contributed by atoms with Gasteiger partial charge in [-0.05, 0) is 0 Å². The van der Waals surface area contributed by atoms with Gasteiger partial charge in [0.1, 0.15) is 6.04 Å². The first-order valence-electron chi connectivity index (χ1n) is 4.25.